The number of fused-ring (bicyclic) bond motifs is 1. The number of para-hydroxylation sites is 1. The Hall–Kier alpha value is -3.52. The van der Waals surface area contributed by atoms with Gasteiger partial charge >= 0.3 is 15.5 Å². The molecule has 1 amide bonds. The Balaban J connectivity index is 1.76. The fraction of sp³-hybridized carbons (Fsp3) is 0.250. The number of amides is 1. The minimum atomic E-state index is -5.64. The molecule has 0 spiro atoms. The minimum Gasteiger partial charge on any atom is -0.455 e. The monoisotopic (exact) mass is 613 g/mol. The van der Waals surface area contributed by atoms with Gasteiger partial charge in [-0.2, -0.15) is 21.6 Å². The Morgan fingerprint density at radius 3 is 2.55 bits per heavy atom. The maximum Gasteiger partial charge on any atom is 0.516 e. The van der Waals surface area contributed by atoms with E-state index in [1.54, 1.807) is 40.5 Å². The lowest BCUT2D eigenvalue weighted by Crippen LogP contribution is -2.30. The van der Waals surface area contributed by atoms with E-state index in [2.05, 4.69) is 26.2 Å². The predicted octanol–water partition coefficient (Wildman–Crippen LogP) is 5.26. The number of alkyl halides is 3. The highest BCUT2D eigenvalue weighted by Crippen LogP contribution is 2.42. The van der Waals surface area contributed by atoms with Crippen LogP contribution in [0.1, 0.15) is 35.7 Å². The van der Waals surface area contributed by atoms with E-state index in [0.29, 0.717) is 34.2 Å². The molecule has 0 bridgehead atoms. The van der Waals surface area contributed by atoms with E-state index >= 15 is 0 Å². The Morgan fingerprint density at radius 1 is 1.18 bits per heavy atom. The molecule has 0 aliphatic rings. The van der Waals surface area contributed by atoms with Crippen LogP contribution in [0.2, 0.25) is 0 Å². The van der Waals surface area contributed by atoms with Crippen LogP contribution in [0.15, 0.2) is 51.4 Å². The van der Waals surface area contributed by atoms with E-state index in [4.69, 9.17) is 10.2 Å². The predicted molar refractivity (Wildman–Crippen MR) is 141 cm³/mol. The summed E-state index contributed by atoms with van der Waals surface area (Å²) in [4.78, 5) is 17.0. The summed E-state index contributed by atoms with van der Waals surface area (Å²) in [5.74, 6) is 0.546. The summed E-state index contributed by atoms with van der Waals surface area (Å²) in [5, 5.41) is 3.33. The van der Waals surface area contributed by atoms with Gasteiger partial charge in [0.25, 0.3) is 5.91 Å². The molecule has 0 aliphatic heterocycles. The van der Waals surface area contributed by atoms with Gasteiger partial charge in [-0.15, -0.1) is 0 Å². The molecular formula is C24H23BrF3N5O4S. The number of imidazole rings is 1. The number of sulfonamides is 1. The van der Waals surface area contributed by atoms with Crippen molar-refractivity contribution in [2.75, 3.05) is 17.0 Å². The second kappa shape index (κ2) is 10.3. The number of benzene rings is 2. The normalized spacial score (nSPS) is 12.2. The fourth-order valence-corrected chi connectivity index (χ4v) is 5.17. The van der Waals surface area contributed by atoms with Crippen molar-refractivity contribution >= 4 is 54.3 Å². The number of furan rings is 1. The van der Waals surface area contributed by atoms with Gasteiger partial charge in [0.05, 0.1) is 10.2 Å². The number of carbonyl (C=O) groups excluding carboxylic acids is 1. The molecule has 4 N–H and O–H groups in total. The Bertz CT molecular complexity index is 1630. The van der Waals surface area contributed by atoms with Crippen LogP contribution in [0.25, 0.3) is 22.3 Å². The summed E-state index contributed by atoms with van der Waals surface area (Å²) in [6, 6.07) is 10.9. The van der Waals surface area contributed by atoms with Crippen LogP contribution in [0.4, 0.5) is 24.7 Å². The lowest BCUT2D eigenvalue weighted by atomic mass is 10.1. The lowest BCUT2D eigenvalue weighted by molar-refractivity contribution is -0.0429. The highest BCUT2D eigenvalue weighted by Gasteiger charge is 2.46. The highest BCUT2D eigenvalue weighted by molar-refractivity contribution is 9.10. The number of nitrogens with one attached hydrogen (secondary N) is 2. The van der Waals surface area contributed by atoms with Gasteiger partial charge in [0.2, 0.25) is 0 Å². The molecule has 2 heterocycles. The molecule has 38 heavy (non-hydrogen) atoms. The smallest absolute Gasteiger partial charge is 0.455 e. The number of hydrogen-bond acceptors (Lipinski definition) is 6. The zero-order valence-corrected chi connectivity index (χ0v) is 22.6. The van der Waals surface area contributed by atoms with Crippen molar-refractivity contribution in [2.24, 2.45) is 0 Å². The van der Waals surface area contributed by atoms with E-state index in [-0.39, 0.29) is 41.0 Å². The van der Waals surface area contributed by atoms with Gasteiger partial charge in [-0.25, -0.2) is 4.98 Å². The third kappa shape index (κ3) is 5.10. The largest absolute Gasteiger partial charge is 0.516 e. The van der Waals surface area contributed by atoms with Gasteiger partial charge in [-0.3, -0.25) is 9.52 Å². The average Bonchev–Trinajstić information content (AvgIpc) is 3.34. The van der Waals surface area contributed by atoms with Crippen LogP contribution in [0.3, 0.4) is 0 Å². The first-order chi connectivity index (χ1) is 17.9. The van der Waals surface area contributed by atoms with E-state index in [9.17, 15) is 26.4 Å². The number of halogens is 4. The second-order valence-electron chi connectivity index (χ2n) is 8.23. The molecule has 0 saturated heterocycles. The van der Waals surface area contributed by atoms with E-state index in [0.717, 1.165) is 5.56 Å². The van der Waals surface area contributed by atoms with Crippen molar-refractivity contribution in [3.63, 3.8) is 0 Å². The number of nitrogens with zero attached hydrogens (tertiary/aromatic N) is 2. The van der Waals surface area contributed by atoms with E-state index in [1.165, 1.54) is 18.2 Å². The number of hydrogen-bond donors (Lipinski definition) is 3. The van der Waals surface area contributed by atoms with Crippen LogP contribution in [0, 0.1) is 0 Å². The van der Waals surface area contributed by atoms with Crippen LogP contribution < -0.4 is 15.8 Å². The Morgan fingerprint density at radius 2 is 1.89 bits per heavy atom. The van der Waals surface area contributed by atoms with Crippen molar-refractivity contribution < 1.29 is 30.8 Å². The van der Waals surface area contributed by atoms with Gasteiger partial charge in [0, 0.05) is 30.5 Å². The van der Waals surface area contributed by atoms with Gasteiger partial charge in [-0.1, -0.05) is 25.1 Å². The first-order valence-electron chi connectivity index (χ1n) is 11.4. The molecule has 0 saturated carbocycles. The molecule has 4 rings (SSSR count). The number of aromatic nitrogens is 2. The van der Waals surface area contributed by atoms with Crippen molar-refractivity contribution in [2.45, 2.75) is 32.3 Å². The topological polar surface area (TPSA) is 132 Å². The molecule has 202 valence electrons. The molecule has 0 unspecified atom stereocenters. The molecule has 0 radical (unpaired) electrons. The minimum absolute atomic E-state index is 0.110. The maximum absolute atomic E-state index is 13.0. The standard InChI is InChI=1S/C24H23BrF3N5O4S/c1-3-18-31-22(29)20(23(34)30-4-2)33(18)12-13-9-10-17-15(11-13)19(25)21(37-17)14-7-5-6-8-16(14)32-38(35,36)24(26,27)28/h5-11,32H,3-4,12,29H2,1-2H3,(H,30,34). The zero-order valence-electron chi connectivity index (χ0n) is 20.2. The Kier molecular flexibility index (Phi) is 7.48. The molecular weight excluding hydrogens is 591 g/mol. The lowest BCUT2D eigenvalue weighted by Gasteiger charge is -2.13. The fourth-order valence-electron chi connectivity index (χ4n) is 3.98. The number of carbonyl (C=O) groups is 1. The number of nitrogens with two attached hydrogens (primary N) is 1. The first kappa shape index (κ1) is 27.5. The molecule has 2 aromatic carbocycles. The van der Waals surface area contributed by atoms with E-state index in [1.807, 2.05) is 6.92 Å². The Labute approximate surface area is 224 Å². The summed E-state index contributed by atoms with van der Waals surface area (Å²) in [5.41, 5.74) is 1.80. The first-order valence-corrected chi connectivity index (χ1v) is 13.7. The van der Waals surface area contributed by atoms with Gasteiger partial charge in [-0.05, 0) is 52.7 Å². The van der Waals surface area contributed by atoms with Gasteiger partial charge in [0.15, 0.2) is 17.3 Å². The third-order valence-corrected chi connectivity index (χ3v) is 7.58. The second-order valence-corrected chi connectivity index (χ2v) is 10.7. The highest BCUT2D eigenvalue weighted by atomic mass is 79.9. The number of nitrogen functional groups attached to an aromatic ring is 1. The quantitative estimate of drug-likeness (QED) is 0.248. The summed E-state index contributed by atoms with van der Waals surface area (Å²) < 4.78 is 72.0. The molecule has 0 fully saturated rings. The summed E-state index contributed by atoms with van der Waals surface area (Å²) in [6.45, 7) is 4.38. The SMILES string of the molecule is CCNC(=O)c1c(N)nc(CC)n1Cc1ccc2oc(-c3ccccc3NS(=O)(=O)C(F)(F)F)c(Br)c2c1. The van der Waals surface area contributed by atoms with Crippen molar-refractivity contribution in [1.82, 2.24) is 14.9 Å². The summed E-state index contributed by atoms with van der Waals surface area (Å²) in [7, 11) is -5.64. The summed E-state index contributed by atoms with van der Waals surface area (Å²) in [6.07, 6.45) is 0.538. The number of rotatable bonds is 8. The molecule has 0 atom stereocenters. The molecule has 14 heteroatoms. The average molecular weight is 614 g/mol. The van der Waals surface area contributed by atoms with Crippen molar-refractivity contribution in [3.05, 3.63) is 64.0 Å². The van der Waals surface area contributed by atoms with Crippen molar-refractivity contribution in [3.8, 4) is 11.3 Å². The van der Waals surface area contributed by atoms with E-state index < -0.39 is 15.5 Å². The number of anilines is 2. The molecule has 2 aromatic heterocycles. The van der Waals surface area contributed by atoms with Crippen molar-refractivity contribution in [1.29, 1.82) is 0 Å². The van der Waals surface area contributed by atoms with Crippen LogP contribution in [-0.4, -0.2) is 35.9 Å². The van der Waals surface area contributed by atoms with Crippen LogP contribution in [-0.2, 0) is 23.0 Å². The summed E-state index contributed by atoms with van der Waals surface area (Å²) >= 11 is 3.46. The molecule has 4 aromatic rings. The molecule has 0 aliphatic carbocycles. The maximum atomic E-state index is 13.0. The van der Waals surface area contributed by atoms with Crippen LogP contribution in [0.5, 0.6) is 0 Å². The van der Waals surface area contributed by atoms with Crippen LogP contribution >= 0.6 is 15.9 Å². The number of aryl methyl sites for hydroxylation is 1. The van der Waals surface area contributed by atoms with Gasteiger partial charge in [0.1, 0.15) is 11.4 Å². The third-order valence-electron chi connectivity index (χ3n) is 5.70. The zero-order chi connectivity index (χ0) is 27.8. The van der Waals surface area contributed by atoms with Gasteiger partial charge < -0.3 is 20.0 Å². The molecule has 9 nitrogen and oxygen atoms in total.